The Bertz CT molecular complexity index is 402. The zero-order valence-electron chi connectivity index (χ0n) is 13.3. The topological polar surface area (TPSA) is 18.5 Å². The van der Waals surface area contributed by atoms with Crippen LogP contribution in [0.4, 0.5) is 0 Å². The molecule has 0 heterocycles. The highest BCUT2D eigenvalue weighted by molar-refractivity contribution is 9.09. The van der Waals surface area contributed by atoms with Crippen molar-refractivity contribution in [1.82, 2.24) is 0 Å². The molecule has 0 saturated heterocycles. The summed E-state index contributed by atoms with van der Waals surface area (Å²) in [6.07, 6.45) is 1.78. The highest BCUT2D eigenvalue weighted by Crippen LogP contribution is 2.25. The largest absolute Gasteiger partial charge is 0.466 e. The van der Waals surface area contributed by atoms with Gasteiger partial charge in [0.25, 0.3) is 0 Å². The van der Waals surface area contributed by atoms with Crippen LogP contribution in [0.25, 0.3) is 0 Å². The number of alkyl halides is 1. The van der Waals surface area contributed by atoms with Crippen LogP contribution in [0.15, 0.2) is 24.3 Å². The lowest BCUT2D eigenvalue weighted by Crippen LogP contribution is -2.30. The number of benzene rings is 1. The summed E-state index contributed by atoms with van der Waals surface area (Å²) < 4.78 is 12.1. The van der Waals surface area contributed by atoms with Crippen LogP contribution in [0.2, 0.25) is 13.1 Å². The van der Waals surface area contributed by atoms with Crippen LogP contribution >= 0.6 is 15.9 Å². The van der Waals surface area contributed by atoms with E-state index >= 15 is 0 Å². The molecule has 20 heavy (non-hydrogen) atoms. The van der Waals surface area contributed by atoms with Gasteiger partial charge in [0.05, 0.1) is 0 Å². The summed E-state index contributed by atoms with van der Waals surface area (Å²) in [7, 11) is -1.12. The fourth-order valence-corrected chi connectivity index (χ4v) is 3.17. The molecule has 0 radical (unpaired) electrons. The third-order valence-electron chi connectivity index (χ3n) is 2.75. The highest BCUT2D eigenvalue weighted by Gasteiger charge is 2.22. The molecule has 2 nitrogen and oxygen atoms in total. The van der Waals surface area contributed by atoms with Gasteiger partial charge in [-0.25, -0.2) is 0 Å². The van der Waals surface area contributed by atoms with Gasteiger partial charge in [-0.15, -0.1) is 0 Å². The van der Waals surface area contributed by atoms with Crippen LogP contribution in [0.3, 0.4) is 0 Å². The summed E-state index contributed by atoms with van der Waals surface area (Å²) in [5, 5.41) is 0.970. The summed E-state index contributed by atoms with van der Waals surface area (Å²) in [5.41, 5.74) is 1.48. The fraction of sp³-hybridized carbons (Fsp3) is 0.625. The van der Waals surface area contributed by atoms with Gasteiger partial charge in [-0.2, -0.15) is 0 Å². The molecule has 0 aliphatic carbocycles. The van der Waals surface area contributed by atoms with Crippen molar-refractivity contribution in [3.63, 3.8) is 0 Å². The maximum atomic E-state index is 6.09. The van der Waals surface area contributed by atoms with Gasteiger partial charge in [-0.3, -0.25) is 0 Å². The van der Waals surface area contributed by atoms with E-state index in [2.05, 4.69) is 61.9 Å². The average molecular weight is 359 g/mol. The van der Waals surface area contributed by atoms with Crippen LogP contribution in [0.5, 0.6) is 5.75 Å². The Labute approximate surface area is 133 Å². The Balaban J connectivity index is 2.75. The number of ether oxygens (including phenoxy) is 1. The van der Waals surface area contributed by atoms with Crippen LogP contribution in [0.1, 0.15) is 32.8 Å². The van der Waals surface area contributed by atoms with Crippen molar-refractivity contribution in [2.45, 2.75) is 53.0 Å². The molecule has 0 aliphatic rings. The zero-order valence-corrected chi connectivity index (χ0v) is 16.0. The van der Waals surface area contributed by atoms with E-state index < -0.39 is 9.04 Å². The molecule has 0 spiro atoms. The average Bonchev–Trinajstić information content (AvgIpc) is 2.26. The first-order valence-corrected chi connectivity index (χ1v) is 11.2. The molecular formula is C16H27BrO2Si. The van der Waals surface area contributed by atoms with Gasteiger partial charge >= 0.3 is 0 Å². The molecule has 0 N–H and O–H groups in total. The van der Waals surface area contributed by atoms with E-state index in [9.17, 15) is 0 Å². The SMILES string of the molecule is C[SiH](C)OC(CC(C)(C)C)Oc1cccc(CCBr)c1. The first kappa shape index (κ1) is 17.7. The molecule has 1 unspecified atom stereocenters. The molecule has 0 aliphatic heterocycles. The number of hydrogen-bond acceptors (Lipinski definition) is 2. The van der Waals surface area contributed by atoms with Crippen molar-refractivity contribution < 1.29 is 9.16 Å². The minimum atomic E-state index is -1.12. The Morgan fingerprint density at radius 2 is 1.95 bits per heavy atom. The molecule has 0 amide bonds. The van der Waals surface area contributed by atoms with E-state index in [4.69, 9.17) is 9.16 Å². The summed E-state index contributed by atoms with van der Waals surface area (Å²) in [6, 6.07) is 8.31. The standard InChI is InChI=1S/C16H27BrO2Si/c1-16(2,3)12-15(19-20(4)5)18-14-8-6-7-13(11-14)9-10-17/h6-8,11,15,20H,9-10,12H2,1-5H3. The smallest absolute Gasteiger partial charge is 0.191 e. The molecule has 114 valence electrons. The predicted octanol–water partition coefficient (Wildman–Crippen LogP) is 4.77. The van der Waals surface area contributed by atoms with Crippen molar-refractivity contribution in [1.29, 1.82) is 0 Å². The second kappa shape index (κ2) is 8.20. The van der Waals surface area contributed by atoms with Gasteiger partial charge < -0.3 is 9.16 Å². The molecule has 1 aromatic rings. The quantitative estimate of drug-likeness (QED) is 0.397. The van der Waals surface area contributed by atoms with Crippen molar-refractivity contribution in [2.75, 3.05) is 5.33 Å². The maximum absolute atomic E-state index is 6.09. The van der Waals surface area contributed by atoms with Gasteiger partial charge in [0.1, 0.15) is 5.75 Å². The summed E-state index contributed by atoms with van der Waals surface area (Å²) in [5.74, 6) is 0.910. The molecule has 0 saturated carbocycles. The first-order chi connectivity index (χ1) is 9.30. The van der Waals surface area contributed by atoms with Gasteiger partial charge in [0, 0.05) is 11.8 Å². The second-order valence-corrected chi connectivity index (χ2v) is 9.75. The Morgan fingerprint density at radius 1 is 1.25 bits per heavy atom. The van der Waals surface area contributed by atoms with Crippen molar-refractivity contribution in [3.05, 3.63) is 29.8 Å². The molecule has 4 heteroatoms. The Morgan fingerprint density at radius 3 is 2.50 bits per heavy atom. The van der Waals surface area contributed by atoms with Crippen LogP contribution in [-0.2, 0) is 10.8 Å². The molecular weight excluding hydrogens is 332 g/mol. The Hall–Kier alpha value is -0.323. The lowest BCUT2D eigenvalue weighted by Gasteiger charge is -2.28. The minimum Gasteiger partial charge on any atom is -0.466 e. The molecule has 0 bridgehead atoms. The normalized spacial score (nSPS) is 13.6. The van der Waals surface area contributed by atoms with Gasteiger partial charge in [-0.1, -0.05) is 48.8 Å². The third kappa shape index (κ3) is 7.46. The highest BCUT2D eigenvalue weighted by atomic mass is 79.9. The molecule has 1 aromatic carbocycles. The molecule has 1 rings (SSSR count). The van der Waals surface area contributed by atoms with Crippen LogP contribution in [-0.4, -0.2) is 20.7 Å². The van der Waals surface area contributed by atoms with E-state index in [0.29, 0.717) is 0 Å². The zero-order chi connectivity index (χ0) is 15.2. The monoisotopic (exact) mass is 358 g/mol. The van der Waals surface area contributed by atoms with E-state index in [0.717, 1.165) is 23.9 Å². The number of rotatable bonds is 7. The van der Waals surface area contributed by atoms with E-state index in [1.165, 1.54) is 5.56 Å². The van der Waals surface area contributed by atoms with Gasteiger partial charge in [0.2, 0.25) is 0 Å². The molecule has 1 atom stereocenters. The summed E-state index contributed by atoms with van der Waals surface area (Å²) >= 11 is 3.47. The van der Waals surface area contributed by atoms with Crippen molar-refractivity contribution in [3.8, 4) is 5.75 Å². The lowest BCUT2D eigenvalue weighted by molar-refractivity contribution is -0.0247. The summed E-state index contributed by atoms with van der Waals surface area (Å²) in [4.78, 5) is 0. The van der Waals surface area contributed by atoms with Crippen LogP contribution in [0, 0.1) is 5.41 Å². The molecule has 0 fully saturated rings. The summed E-state index contributed by atoms with van der Waals surface area (Å²) in [6.45, 7) is 11.0. The van der Waals surface area contributed by atoms with Gasteiger partial charge in [-0.05, 0) is 42.6 Å². The third-order valence-corrected chi connectivity index (χ3v) is 4.00. The fourth-order valence-electron chi connectivity index (χ4n) is 1.96. The van der Waals surface area contributed by atoms with Crippen LogP contribution < -0.4 is 4.74 Å². The van der Waals surface area contributed by atoms with Crippen molar-refractivity contribution in [2.24, 2.45) is 5.41 Å². The van der Waals surface area contributed by atoms with E-state index in [-0.39, 0.29) is 11.7 Å². The first-order valence-electron chi connectivity index (χ1n) is 7.27. The van der Waals surface area contributed by atoms with Crippen molar-refractivity contribution >= 4 is 25.0 Å². The number of aryl methyl sites for hydroxylation is 1. The second-order valence-electron chi connectivity index (χ2n) is 6.58. The van der Waals surface area contributed by atoms with E-state index in [1.807, 2.05) is 12.1 Å². The minimum absolute atomic E-state index is 0.138. The number of hydrogen-bond donors (Lipinski definition) is 0. The lowest BCUT2D eigenvalue weighted by atomic mass is 9.92. The molecule has 0 aromatic heterocycles. The maximum Gasteiger partial charge on any atom is 0.191 e. The van der Waals surface area contributed by atoms with Gasteiger partial charge in [0.15, 0.2) is 15.3 Å². The predicted molar refractivity (Wildman–Crippen MR) is 92.4 cm³/mol. The van der Waals surface area contributed by atoms with E-state index in [1.54, 1.807) is 0 Å². The number of halogens is 1. The Kier molecular flexibility index (Phi) is 7.27.